The third-order valence-electron chi connectivity index (χ3n) is 4.76. The summed E-state index contributed by atoms with van der Waals surface area (Å²) >= 11 is 12.0. The molecule has 1 aromatic heterocycles. The van der Waals surface area contributed by atoms with Crippen molar-refractivity contribution in [1.29, 1.82) is 0 Å². The molecule has 0 saturated heterocycles. The molecule has 3 aromatic rings. The fourth-order valence-electron chi connectivity index (χ4n) is 2.90. The maximum absolute atomic E-state index is 12.7. The molecule has 2 aromatic carbocycles. The Morgan fingerprint density at radius 2 is 1.73 bits per heavy atom. The number of carbonyl (C=O) groups excluding carboxylic acids is 1. The molecule has 0 bridgehead atoms. The van der Waals surface area contributed by atoms with Gasteiger partial charge in [-0.1, -0.05) is 54.7 Å². The standard InChI is InChI=1S/C23H23Cl2N3O4S/c1-14(2)22(28-33(30,31)18-8-4-15(3)5-9-18)23(29)27-26-13-17-7-11-21(32-17)16-6-10-19(24)20(25)12-16/h4-14,22,28H,1-3H3,(H,27,29)/b26-13-/t22-/m1/s1. The van der Waals surface area contributed by atoms with Crippen LogP contribution in [-0.2, 0) is 14.8 Å². The molecule has 0 spiro atoms. The van der Waals surface area contributed by atoms with Crippen LogP contribution in [-0.4, -0.2) is 26.6 Å². The van der Waals surface area contributed by atoms with Crippen molar-refractivity contribution < 1.29 is 17.6 Å². The largest absolute Gasteiger partial charge is 0.455 e. The van der Waals surface area contributed by atoms with Crippen molar-refractivity contribution in [3.05, 3.63) is 76.0 Å². The fourth-order valence-corrected chi connectivity index (χ4v) is 4.54. The van der Waals surface area contributed by atoms with Crippen molar-refractivity contribution >= 4 is 45.3 Å². The van der Waals surface area contributed by atoms with Crippen LogP contribution in [0.5, 0.6) is 0 Å². The summed E-state index contributed by atoms with van der Waals surface area (Å²) in [4.78, 5) is 12.7. The molecule has 33 heavy (non-hydrogen) atoms. The van der Waals surface area contributed by atoms with Crippen LogP contribution < -0.4 is 10.1 Å². The molecule has 7 nitrogen and oxygen atoms in total. The molecular weight excluding hydrogens is 485 g/mol. The summed E-state index contributed by atoms with van der Waals surface area (Å²) in [5.74, 6) is 0.0310. The van der Waals surface area contributed by atoms with Gasteiger partial charge in [0.25, 0.3) is 5.91 Å². The number of rotatable bonds is 8. The summed E-state index contributed by atoms with van der Waals surface area (Å²) in [6, 6.07) is 13.9. The van der Waals surface area contributed by atoms with Gasteiger partial charge in [-0.3, -0.25) is 4.79 Å². The number of halogens is 2. The summed E-state index contributed by atoms with van der Waals surface area (Å²) in [6.45, 7) is 5.34. The van der Waals surface area contributed by atoms with E-state index in [-0.39, 0.29) is 10.8 Å². The van der Waals surface area contributed by atoms with Crippen molar-refractivity contribution in [3.8, 4) is 11.3 Å². The number of hydrazone groups is 1. The molecule has 10 heteroatoms. The summed E-state index contributed by atoms with van der Waals surface area (Å²) in [5, 5.41) is 4.74. The van der Waals surface area contributed by atoms with Gasteiger partial charge in [-0.05, 0) is 55.3 Å². The summed E-state index contributed by atoms with van der Waals surface area (Å²) < 4.78 is 33.5. The summed E-state index contributed by atoms with van der Waals surface area (Å²) in [7, 11) is -3.88. The van der Waals surface area contributed by atoms with Gasteiger partial charge in [0.1, 0.15) is 17.6 Å². The Bertz CT molecular complexity index is 1270. The molecule has 174 valence electrons. The van der Waals surface area contributed by atoms with Gasteiger partial charge in [-0.25, -0.2) is 13.8 Å². The van der Waals surface area contributed by atoms with Crippen LogP contribution in [0.3, 0.4) is 0 Å². The average molecular weight is 508 g/mol. The Labute approximate surface area is 202 Å². The Morgan fingerprint density at radius 1 is 1.03 bits per heavy atom. The third-order valence-corrected chi connectivity index (χ3v) is 6.96. The quantitative estimate of drug-likeness (QED) is 0.330. The van der Waals surface area contributed by atoms with Gasteiger partial charge < -0.3 is 4.42 Å². The minimum atomic E-state index is -3.88. The number of hydrogen-bond donors (Lipinski definition) is 2. The van der Waals surface area contributed by atoms with E-state index in [0.29, 0.717) is 21.6 Å². The zero-order valence-electron chi connectivity index (χ0n) is 18.2. The van der Waals surface area contributed by atoms with Crippen LogP contribution in [0.2, 0.25) is 10.0 Å². The molecule has 2 N–H and O–H groups in total. The maximum Gasteiger partial charge on any atom is 0.258 e. The molecule has 0 aliphatic carbocycles. The highest BCUT2D eigenvalue weighted by atomic mass is 35.5. The van der Waals surface area contributed by atoms with Gasteiger partial charge in [-0.2, -0.15) is 9.82 Å². The number of furan rings is 1. The molecule has 0 fully saturated rings. The van der Waals surface area contributed by atoms with E-state index in [0.717, 1.165) is 11.1 Å². The predicted octanol–water partition coefficient (Wildman–Crippen LogP) is 5.02. The lowest BCUT2D eigenvalue weighted by atomic mass is 10.1. The first-order chi connectivity index (χ1) is 15.6. The summed E-state index contributed by atoms with van der Waals surface area (Å²) in [5.41, 5.74) is 4.03. The lowest BCUT2D eigenvalue weighted by Crippen LogP contribution is -2.48. The second-order valence-corrected chi connectivity index (χ2v) is 10.2. The van der Waals surface area contributed by atoms with Gasteiger partial charge in [0.2, 0.25) is 10.0 Å². The topological polar surface area (TPSA) is 101 Å². The fraction of sp³-hybridized carbons (Fsp3) is 0.217. The zero-order valence-corrected chi connectivity index (χ0v) is 20.5. The molecule has 0 aliphatic rings. The van der Waals surface area contributed by atoms with E-state index in [1.165, 1.54) is 18.3 Å². The second kappa shape index (κ2) is 10.5. The Balaban J connectivity index is 1.67. The highest BCUT2D eigenvalue weighted by molar-refractivity contribution is 7.89. The summed E-state index contributed by atoms with van der Waals surface area (Å²) in [6.07, 6.45) is 1.32. The van der Waals surface area contributed by atoms with Crippen molar-refractivity contribution in [1.82, 2.24) is 10.1 Å². The van der Waals surface area contributed by atoms with Crippen LogP contribution in [0.1, 0.15) is 25.2 Å². The van der Waals surface area contributed by atoms with Gasteiger partial charge in [0, 0.05) is 5.56 Å². The predicted molar refractivity (Wildman–Crippen MR) is 130 cm³/mol. The third kappa shape index (κ3) is 6.45. The van der Waals surface area contributed by atoms with E-state index in [1.807, 2.05) is 6.92 Å². The molecular formula is C23H23Cl2N3O4S. The van der Waals surface area contributed by atoms with Crippen molar-refractivity contribution in [2.75, 3.05) is 0 Å². The second-order valence-electron chi connectivity index (χ2n) is 7.72. The lowest BCUT2D eigenvalue weighted by Gasteiger charge is -2.20. The van der Waals surface area contributed by atoms with E-state index in [4.69, 9.17) is 27.6 Å². The smallest absolute Gasteiger partial charge is 0.258 e. The van der Waals surface area contributed by atoms with Crippen LogP contribution in [0.15, 0.2) is 69.0 Å². The lowest BCUT2D eigenvalue weighted by molar-refractivity contribution is -0.123. The number of sulfonamides is 1. The molecule has 0 radical (unpaired) electrons. The average Bonchev–Trinajstić information content (AvgIpc) is 3.23. The minimum Gasteiger partial charge on any atom is -0.455 e. The molecule has 0 unspecified atom stereocenters. The highest BCUT2D eigenvalue weighted by Crippen LogP contribution is 2.29. The van der Waals surface area contributed by atoms with Gasteiger partial charge >= 0.3 is 0 Å². The van der Waals surface area contributed by atoms with E-state index >= 15 is 0 Å². The number of benzene rings is 2. The van der Waals surface area contributed by atoms with Crippen LogP contribution in [0.25, 0.3) is 11.3 Å². The molecule has 0 saturated carbocycles. The normalized spacial score (nSPS) is 12.9. The van der Waals surface area contributed by atoms with E-state index in [2.05, 4.69) is 15.2 Å². The number of amides is 1. The van der Waals surface area contributed by atoms with E-state index in [9.17, 15) is 13.2 Å². The van der Waals surface area contributed by atoms with E-state index in [1.54, 1.807) is 56.3 Å². The molecule has 3 rings (SSSR count). The van der Waals surface area contributed by atoms with Gasteiger partial charge in [0.15, 0.2) is 0 Å². The maximum atomic E-state index is 12.7. The minimum absolute atomic E-state index is 0.0838. The monoisotopic (exact) mass is 507 g/mol. The Hall–Kier alpha value is -2.65. The van der Waals surface area contributed by atoms with Gasteiger partial charge in [0.05, 0.1) is 21.2 Å². The van der Waals surface area contributed by atoms with E-state index < -0.39 is 22.0 Å². The van der Waals surface area contributed by atoms with Crippen molar-refractivity contribution in [2.45, 2.75) is 31.7 Å². The molecule has 1 heterocycles. The molecule has 0 aliphatic heterocycles. The van der Waals surface area contributed by atoms with Gasteiger partial charge in [-0.15, -0.1) is 0 Å². The van der Waals surface area contributed by atoms with Crippen LogP contribution in [0.4, 0.5) is 0 Å². The first kappa shape index (κ1) is 25.0. The number of nitrogens with one attached hydrogen (secondary N) is 2. The SMILES string of the molecule is Cc1ccc(S(=O)(=O)N[C@@H](C(=O)N/N=C\c2ccc(-c3ccc(Cl)c(Cl)c3)o2)C(C)C)cc1. The Kier molecular flexibility index (Phi) is 7.97. The first-order valence-electron chi connectivity index (χ1n) is 10.0. The molecule has 1 atom stereocenters. The highest BCUT2D eigenvalue weighted by Gasteiger charge is 2.28. The van der Waals surface area contributed by atoms with Crippen molar-refractivity contribution in [3.63, 3.8) is 0 Å². The number of nitrogens with zero attached hydrogens (tertiary/aromatic N) is 1. The number of carbonyl (C=O) groups is 1. The molecule has 1 amide bonds. The van der Waals surface area contributed by atoms with Crippen LogP contribution in [0, 0.1) is 12.8 Å². The Morgan fingerprint density at radius 3 is 2.36 bits per heavy atom. The zero-order chi connectivity index (χ0) is 24.2. The number of aryl methyl sites for hydroxylation is 1. The first-order valence-corrected chi connectivity index (χ1v) is 12.3. The van der Waals surface area contributed by atoms with Crippen molar-refractivity contribution in [2.24, 2.45) is 11.0 Å². The van der Waals surface area contributed by atoms with Crippen LogP contribution >= 0.6 is 23.2 Å². The number of hydrogen-bond acceptors (Lipinski definition) is 5.